The quantitative estimate of drug-likeness (QED) is 0.582. The summed E-state index contributed by atoms with van der Waals surface area (Å²) < 4.78 is 10.2. The van der Waals surface area contributed by atoms with Crippen LogP contribution in [0.4, 0.5) is 4.79 Å². The number of esters is 1. The lowest BCUT2D eigenvalue weighted by molar-refractivity contribution is -0.149. The van der Waals surface area contributed by atoms with E-state index < -0.39 is 30.8 Å². The molecule has 0 radical (unpaired) electrons. The van der Waals surface area contributed by atoms with Crippen LogP contribution in [0.2, 0.25) is 0 Å². The second-order valence-electron chi connectivity index (χ2n) is 5.76. The molecule has 118 valence electrons. The van der Waals surface area contributed by atoms with Gasteiger partial charge in [0.25, 0.3) is 0 Å². The van der Waals surface area contributed by atoms with Gasteiger partial charge in [-0.3, -0.25) is 4.90 Å². The lowest BCUT2D eigenvalue weighted by atomic mass is 9.76. The summed E-state index contributed by atoms with van der Waals surface area (Å²) in [7, 11) is -1.67. The third-order valence-electron chi connectivity index (χ3n) is 2.85. The Balaban J connectivity index is 2.94. The summed E-state index contributed by atoms with van der Waals surface area (Å²) in [5, 5.41) is 18.5. The van der Waals surface area contributed by atoms with Crippen LogP contribution in [-0.4, -0.2) is 58.9 Å². The average Bonchev–Trinajstić information content (AvgIpc) is 2.36. The van der Waals surface area contributed by atoms with Crippen molar-refractivity contribution in [2.24, 2.45) is 0 Å². The highest BCUT2D eigenvalue weighted by Gasteiger charge is 2.38. The van der Waals surface area contributed by atoms with Gasteiger partial charge < -0.3 is 19.5 Å². The number of carbonyl (C=O) groups is 2. The van der Waals surface area contributed by atoms with Gasteiger partial charge in [0.15, 0.2) is 0 Å². The molecule has 1 unspecified atom stereocenters. The zero-order valence-electron chi connectivity index (χ0n) is 12.8. The van der Waals surface area contributed by atoms with E-state index in [1.165, 1.54) is 6.08 Å². The van der Waals surface area contributed by atoms with Crippen molar-refractivity contribution in [3.63, 3.8) is 0 Å². The maximum Gasteiger partial charge on any atom is 0.485 e. The minimum Gasteiger partial charge on any atom is -0.464 e. The van der Waals surface area contributed by atoms with Crippen molar-refractivity contribution < 1.29 is 29.1 Å². The fourth-order valence-corrected chi connectivity index (χ4v) is 1.92. The molecular formula is C13H22BNO6. The molecule has 1 atom stereocenters. The van der Waals surface area contributed by atoms with Gasteiger partial charge in [0, 0.05) is 6.54 Å². The highest BCUT2D eigenvalue weighted by molar-refractivity contribution is 6.51. The SMILES string of the molecule is CCOC(=O)C1CC=C(B(O)O)CN1C(=O)OC(C)(C)C. The van der Waals surface area contributed by atoms with Crippen molar-refractivity contribution in [2.45, 2.75) is 45.8 Å². The van der Waals surface area contributed by atoms with Gasteiger partial charge in [-0.15, -0.1) is 0 Å². The van der Waals surface area contributed by atoms with E-state index in [4.69, 9.17) is 9.47 Å². The van der Waals surface area contributed by atoms with Crippen molar-refractivity contribution in [3.05, 3.63) is 11.5 Å². The Labute approximate surface area is 124 Å². The number of carbonyl (C=O) groups excluding carboxylic acids is 2. The van der Waals surface area contributed by atoms with Gasteiger partial charge in [-0.1, -0.05) is 6.08 Å². The number of amides is 1. The molecule has 0 aromatic rings. The number of hydrogen-bond donors (Lipinski definition) is 2. The first kappa shape index (κ1) is 17.5. The molecule has 1 amide bonds. The molecule has 21 heavy (non-hydrogen) atoms. The van der Waals surface area contributed by atoms with Crippen molar-refractivity contribution >= 4 is 19.2 Å². The normalized spacial score (nSPS) is 18.9. The van der Waals surface area contributed by atoms with E-state index in [1.807, 2.05) is 0 Å². The van der Waals surface area contributed by atoms with Gasteiger partial charge in [0.05, 0.1) is 6.61 Å². The number of ether oxygens (including phenoxy) is 2. The van der Waals surface area contributed by atoms with E-state index in [9.17, 15) is 19.6 Å². The fraction of sp³-hybridized carbons (Fsp3) is 0.692. The first-order valence-electron chi connectivity index (χ1n) is 6.87. The molecule has 0 saturated heterocycles. The second-order valence-corrected chi connectivity index (χ2v) is 5.76. The molecule has 8 heteroatoms. The molecule has 0 aliphatic carbocycles. The van der Waals surface area contributed by atoms with Gasteiger partial charge >= 0.3 is 19.2 Å². The Bertz CT molecular complexity index is 429. The summed E-state index contributed by atoms with van der Waals surface area (Å²) >= 11 is 0. The predicted molar refractivity (Wildman–Crippen MR) is 76.3 cm³/mol. The van der Waals surface area contributed by atoms with Crippen molar-refractivity contribution in [2.75, 3.05) is 13.2 Å². The van der Waals surface area contributed by atoms with E-state index in [0.717, 1.165) is 4.90 Å². The molecule has 0 fully saturated rings. The van der Waals surface area contributed by atoms with Crippen LogP contribution in [0.1, 0.15) is 34.1 Å². The third kappa shape index (κ3) is 5.06. The van der Waals surface area contributed by atoms with E-state index in [2.05, 4.69) is 0 Å². The van der Waals surface area contributed by atoms with E-state index in [1.54, 1.807) is 27.7 Å². The monoisotopic (exact) mass is 299 g/mol. The van der Waals surface area contributed by atoms with Gasteiger partial charge in [-0.05, 0) is 39.6 Å². The molecule has 0 saturated carbocycles. The maximum atomic E-state index is 12.2. The summed E-state index contributed by atoms with van der Waals surface area (Å²) in [5.41, 5.74) is -0.462. The van der Waals surface area contributed by atoms with Crippen molar-refractivity contribution in [1.29, 1.82) is 0 Å². The lowest BCUT2D eigenvalue weighted by Gasteiger charge is -2.35. The second kappa shape index (κ2) is 6.95. The Morgan fingerprint density at radius 2 is 2.05 bits per heavy atom. The van der Waals surface area contributed by atoms with Crippen LogP contribution in [-0.2, 0) is 14.3 Å². The van der Waals surface area contributed by atoms with Crippen LogP contribution in [0.3, 0.4) is 0 Å². The van der Waals surface area contributed by atoms with Gasteiger partial charge in [0.1, 0.15) is 11.6 Å². The first-order valence-corrected chi connectivity index (χ1v) is 6.87. The number of rotatable bonds is 3. The summed E-state index contributed by atoms with van der Waals surface area (Å²) in [6, 6.07) is -0.817. The smallest absolute Gasteiger partial charge is 0.464 e. The average molecular weight is 299 g/mol. The zero-order valence-corrected chi connectivity index (χ0v) is 12.8. The highest BCUT2D eigenvalue weighted by Crippen LogP contribution is 2.21. The predicted octanol–water partition coefficient (Wildman–Crippen LogP) is 0.497. The largest absolute Gasteiger partial charge is 0.485 e. The standard InChI is InChI=1S/C13H22BNO6/c1-5-20-11(16)10-7-6-9(14(18)19)8-15(10)12(17)21-13(2,3)4/h6,10,18-19H,5,7-8H2,1-4H3. The Morgan fingerprint density at radius 1 is 1.43 bits per heavy atom. The Morgan fingerprint density at radius 3 is 2.52 bits per heavy atom. The van der Waals surface area contributed by atoms with Crippen LogP contribution in [0, 0.1) is 0 Å². The molecule has 1 heterocycles. The minimum atomic E-state index is -1.67. The topological polar surface area (TPSA) is 96.3 Å². The lowest BCUT2D eigenvalue weighted by Crippen LogP contribution is -2.51. The maximum absolute atomic E-state index is 12.2. The molecule has 1 aliphatic rings. The van der Waals surface area contributed by atoms with Crippen LogP contribution in [0.15, 0.2) is 11.5 Å². The van der Waals surface area contributed by atoms with Crippen LogP contribution >= 0.6 is 0 Å². The van der Waals surface area contributed by atoms with Crippen molar-refractivity contribution in [3.8, 4) is 0 Å². The van der Waals surface area contributed by atoms with E-state index >= 15 is 0 Å². The minimum absolute atomic E-state index is 0.0872. The van der Waals surface area contributed by atoms with Gasteiger partial charge in [-0.2, -0.15) is 0 Å². The van der Waals surface area contributed by atoms with Gasteiger partial charge in [-0.25, -0.2) is 9.59 Å². The molecule has 0 spiro atoms. The van der Waals surface area contributed by atoms with E-state index in [0.29, 0.717) is 0 Å². The van der Waals surface area contributed by atoms with Gasteiger partial charge in [0.2, 0.25) is 0 Å². The van der Waals surface area contributed by atoms with Crippen LogP contribution in [0.25, 0.3) is 0 Å². The number of hydrogen-bond acceptors (Lipinski definition) is 6. The number of nitrogens with zero attached hydrogens (tertiary/aromatic N) is 1. The van der Waals surface area contributed by atoms with Crippen molar-refractivity contribution in [1.82, 2.24) is 4.90 Å². The Hall–Kier alpha value is -1.54. The zero-order chi connectivity index (χ0) is 16.2. The third-order valence-corrected chi connectivity index (χ3v) is 2.85. The van der Waals surface area contributed by atoms with Crippen LogP contribution < -0.4 is 0 Å². The van der Waals surface area contributed by atoms with Crippen LogP contribution in [0.5, 0.6) is 0 Å². The molecule has 0 aromatic carbocycles. The summed E-state index contributed by atoms with van der Waals surface area (Å²) in [4.78, 5) is 25.3. The highest BCUT2D eigenvalue weighted by atomic mass is 16.6. The molecular weight excluding hydrogens is 277 g/mol. The van der Waals surface area contributed by atoms with E-state index in [-0.39, 0.29) is 25.0 Å². The molecule has 2 N–H and O–H groups in total. The molecule has 1 aliphatic heterocycles. The summed E-state index contributed by atoms with van der Waals surface area (Å²) in [6.07, 6.45) is 1.00. The summed E-state index contributed by atoms with van der Waals surface area (Å²) in [6.45, 7) is 6.94. The Kier molecular flexibility index (Phi) is 5.80. The summed E-state index contributed by atoms with van der Waals surface area (Å²) in [5.74, 6) is -0.536. The fourth-order valence-electron chi connectivity index (χ4n) is 1.92. The first-order chi connectivity index (χ1) is 9.65. The molecule has 7 nitrogen and oxygen atoms in total. The molecule has 0 aromatic heterocycles. The molecule has 1 rings (SSSR count). The molecule has 0 bridgehead atoms.